The van der Waals surface area contributed by atoms with Crippen molar-refractivity contribution >= 4 is 5.97 Å². The molecule has 0 aromatic heterocycles. The van der Waals surface area contributed by atoms with E-state index < -0.39 is 11.5 Å². The Kier molecular flexibility index (Phi) is 3.99. The van der Waals surface area contributed by atoms with E-state index in [9.17, 15) is 9.90 Å². The molecule has 0 amide bonds. The second-order valence-corrected chi connectivity index (χ2v) is 4.86. The topological polar surface area (TPSA) is 58.6 Å². The third kappa shape index (κ3) is 2.89. The van der Waals surface area contributed by atoms with Gasteiger partial charge in [-0.15, -0.1) is 0 Å². The normalized spacial score (nSPS) is 27.9. The van der Waals surface area contributed by atoms with Crippen LogP contribution in [0.15, 0.2) is 30.3 Å². The average Bonchev–Trinajstić information content (AvgIpc) is 2.37. The van der Waals surface area contributed by atoms with E-state index in [1.165, 1.54) is 0 Å². The summed E-state index contributed by atoms with van der Waals surface area (Å²) in [6, 6.07) is 9.84. The van der Waals surface area contributed by atoms with Crippen LogP contribution < -0.4 is 5.32 Å². The summed E-state index contributed by atoms with van der Waals surface area (Å²) in [6.07, 6.45) is 1.01. The minimum atomic E-state index is -0.854. The van der Waals surface area contributed by atoms with Crippen LogP contribution >= 0.6 is 0 Å². The van der Waals surface area contributed by atoms with Crippen LogP contribution in [0.3, 0.4) is 0 Å². The maximum Gasteiger partial charge on any atom is 0.324 e. The molecule has 1 saturated heterocycles. The molecule has 1 aromatic rings. The molecule has 2 atom stereocenters. The zero-order valence-electron chi connectivity index (χ0n) is 10.6. The molecule has 2 unspecified atom stereocenters. The monoisotopic (exact) mass is 249 g/mol. The van der Waals surface area contributed by atoms with E-state index >= 15 is 0 Å². The highest BCUT2D eigenvalue weighted by Crippen LogP contribution is 2.25. The summed E-state index contributed by atoms with van der Waals surface area (Å²) in [6.45, 7) is 2.98. The van der Waals surface area contributed by atoms with Crippen LogP contribution in [0.4, 0.5) is 0 Å². The summed E-state index contributed by atoms with van der Waals surface area (Å²) < 4.78 is 5.43. The molecule has 4 nitrogen and oxygen atoms in total. The van der Waals surface area contributed by atoms with Crippen LogP contribution in [-0.4, -0.2) is 29.3 Å². The van der Waals surface area contributed by atoms with Crippen LogP contribution in [-0.2, 0) is 16.1 Å². The fourth-order valence-corrected chi connectivity index (χ4v) is 2.38. The van der Waals surface area contributed by atoms with Gasteiger partial charge >= 0.3 is 5.97 Å². The van der Waals surface area contributed by atoms with Crippen molar-refractivity contribution in [2.75, 3.05) is 6.61 Å². The van der Waals surface area contributed by atoms with Gasteiger partial charge in [-0.3, -0.25) is 10.1 Å². The number of hydrogen-bond donors (Lipinski definition) is 2. The van der Waals surface area contributed by atoms with Crippen LogP contribution in [0.25, 0.3) is 0 Å². The highest BCUT2D eigenvalue weighted by Gasteiger charge is 2.42. The first-order valence-corrected chi connectivity index (χ1v) is 6.26. The van der Waals surface area contributed by atoms with Gasteiger partial charge in [-0.1, -0.05) is 30.3 Å². The summed E-state index contributed by atoms with van der Waals surface area (Å²) in [4.78, 5) is 11.5. The molecule has 4 heteroatoms. The van der Waals surface area contributed by atoms with Crippen molar-refractivity contribution in [3.63, 3.8) is 0 Å². The Morgan fingerprint density at radius 3 is 2.83 bits per heavy atom. The van der Waals surface area contributed by atoms with E-state index in [4.69, 9.17) is 4.74 Å². The number of ether oxygens (including phenoxy) is 1. The van der Waals surface area contributed by atoms with Gasteiger partial charge in [0.05, 0.1) is 6.10 Å². The fraction of sp³-hybridized carbons (Fsp3) is 0.500. The minimum absolute atomic E-state index is 0.0156. The lowest BCUT2D eigenvalue weighted by Crippen LogP contribution is -2.56. The van der Waals surface area contributed by atoms with Crippen molar-refractivity contribution in [1.82, 2.24) is 5.32 Å². The molecule has 2 N–H and O–H groups in total. The molecule has 2 rings (SSSR count). The molecule has 0 bridgehead atoms. The Balaban J connectivity index is 2.05. The predicted octanol–water partition coefficient (Wildman–Crippen LogP) is 1.80. The molecular formula is C14H19NO3. The molecule has 1 aromatic carbocycles. The Bertz CT molecular complexity index is 407. The largest absolute Gasteiger partial charge is 0.480 e. The van der Waals surface area contributed by atoms with Crippen molar-refractivity contribution in [1.29, 1.82) is 0 Å². The summed E-state index contributed by atoms with van der Waals surface area (Å²) in [5.41, 5.74) is 0.241. The van der Waals surface area contributed by atoms with Crippen molar-refractivity contribution in [3.8, 4) is 0 Å². The zero-order valence-corrected chi connectivity index (χ0v) is 10.6. The Morgan fingerprint density at radius 2 is 2.22 bits per heavy atom. The quantitative estimate of drug-likeness (QED) is 0.854. The molecule has 0 saturated carbocycles. The van der Waals surface area contributed by atoms with Gasteiger partial charge in [-0.05, 0) is 18.9 Å². The number of nitrogens with one attached hydrogen (secondary N) is 1. The van der Waals surface area contributed by atoms with Gasteiger partial charge in [-0.25, -0.2) is 0 Å². The second kappa shape index (κ2) is 5.50. The average molecular weight is 249 g/mol. The van der Waals surface area contributed by atoms with Gasteiger partial charge in [0.25, 0.3) is 0 Å². The van der Waals surface area contributed by atoms with Crippen molar-refractivity contribution in [2.24, 2.45) is 0 Å². The van der Waals surface area contributed by atoms with Gasteiger partial charge in [0, 0.05) is 19.6 Å². The van der Waals surface area contributed by atoms with Crippen molar-refractivity contribution < 1.29 is 14.6 Å². The number of carbonyl (C=O) groups is 1. The van der Waals surface area contributed by atoms with Crippen LogP contribution in [0, 0.1) is 0 Å². The van der Waals surface area contributed by atoms with Crippen molar-refractivity contribution in [2.45, 2.75) is 38.0 Å². The van der Waals surface area contributed by atoms with E-state index in [2.05, 4.69) is 5.32 Å². The summed E-state index contributed by atoms with van der Waals surface area (Å²) >= 11 is 0. The zero-order chi connectivity index (χ0) is 13.0. The summed E-state index contributed by atoms with van der Waals surface area (Å²) in [7, 11) is 0. The molecular weight excluding hydrogens is 230 g/mol. The third-order valence-corrected chi connectivity index (χ3v) is 3.45. The van der Waals surface area contributed by atoms with Gasteiger partial charge in [0.2, 0.25) is 0 Å². The molecule has 98 valence electrons. The molecule has 18 heavy (non-hydrogen) atoms. The van der Waals surface area contributed by atoms with E-state index in [1.807, 2.05) is 37.3 Å². The molecule has 1 aliphatic heterocycles. The fourth-order valence-electron chi connectivity index (χ4n) is 2.38. The maximum atomic E-state index is 11.5. The number of carboxylic acids is 1. The first kappa shape index (κ1) is 13.1. The SMILES string of the molecule is CC1CC(NCc2ccccc2)(C(=O)O)CCO1. The number of aliphatic carboxylic acids is 1. The molecule has 1 aliphatic rings. The first-order valence-electron chi connectivity index (χ1n) is 6.26. The Labute approximate surface area is 107 Å². The summed E-state index contributed by atoms with van der Waals surface area (Å²) in [5.74, 6) is -0.784. The number of hydrogen-bond acceptors (Lipinski definition) is 3. The maximum absolute atomic E-state index is 11.5. The number of carboxylic acid groups (broad SMARTS) is 1. The Hall–Kier alpha value is -1.39. The van der Waals surface area contributed by atoms with E-state index in [1.54, 1.807) is 0 Å². The molecule has 0 spiro atoms. The van der Waals surface area contributed by atoms with Gasteiger partial charge < -0.3 is 9.84 Å². The highest BCUT2D eigenvalue weighted by molar-refractivity contribution is 5.79. The van der Waals surface area contributed by atoms with E-state index in [-0.39, 0.29) is 6.10 Å². The minimum Gasteiger partial charge on any atom is -0.480 e. The van der Waals surface area contributed by atoms with E-state index in [0.717, 1.165) is 5.56 Å². The number of benzene rings is 1. The predicted molar refractivity (Wildman–Crippen MR) is 68.3 cm³/mol. The van der Waals surface area contributed by atoms with Gasteiger partial charge in [0.1, 0.15) is 5.54 Å². The van der Waals surface area contributed by atoms with Crippen LogP contribution in [0.1, 0.15) is 25.3 Å². The van der Waals surface area contributed by atoms with Crippen LogP contribution in [0.2, 0.25) is 0 Å². The lowest BCUT2D eigenvalue weighted by Gasteiger charge is -2.37. The lowest BCUT2D eigenvalue weighted by molar-refractivity contribution is -0.151. The standard InChI is InChI=1S/C14H19NO3/c1-11-9-14(13(16)17,7-8-18-11)15-10-12-5-3-2-4-6-12/h2-6,11,15H,7-10H2,1H3,(H,16,17). The second-order valence-electron chi connectivity index (χ2n) is 4.86. The molecule has 0 radical (unpaired) electrons. The first-order chi connectivity index (χ1) is 8.62. The van der Waals surface area contributed by atoms with E-state index in [0.29, 0.717) is 26.0 Å². The Morgan fingerprint density at radius 1 is 1.50 bits per heavy atom. The van der Waals surface area contributed by atoms with Crippen LogP contribution in [0.5, 0.6) is 0 Å². The molecule has 1 fully saturated rings. The molecule has 1 heterocycles. The summed E-state index contributed by atoms with van der Waals surface area (Å²) in [5, 5.41) is 12.7. The van der Waals surface area contributed by atoms with Crippen molar-refractivity contribution in [3.05, 3.63) is 35.9 Å². The van der Waals surface area contributed by atoms with Gasteiger partial charge in [-0.2, -0.15) is 0 Å². The molecule has 0 aliphatic carbocycles. The third-order valence-electron chi connectivity index (χ3n) is 3.45. The lowest BCUT2D eigenvalue weighted by atomic mass is 9.86. The van der Waals surface area contributed by atoms with Gasteiger partial charge in [0.15, 0.2) is 0 Å². The smallest absolute Gasteiger partial charge is 0.324 e. The number of rotatable bonds is 4. The highest BCUT2D eigenvalue weighted by atomic mass is 16.5.